The normalized spacial score (nSPS) is 14.8. The number of amides is 1. The molecule has 2 N–H and O–H groups in total. The van der Waals surface area contributed by atoms with Crippen molar-refractivity contribution in [2.45, 2.75) is 0 Å². The number of thiophene rings is 1. The standard InChI is InChI=1S/C16H14N2O2S2/c19-10-13(14-7-4-8-21-14)16(20)18-9-15(22-11-18)17-12-5-2-1-3-6-12/h1-10,17,19H,11H2. The highest BCUT2D eigenvalue weighted by atomic mass is 32.2. The van der Waals surface area contributed by atoms with Crippen LogP contribution < -0.4 is 5.32 Å². The second-order valence-electron chi connectivity index (χ2n) is 4.55. The fraction of sp³-hybridized carbons (Fsp3) is 0.0625. The molecule has 2 aromatic rings. The fourth-order valence-corrected chi connectivity index (χ4v) is 3.60. The van der Waals surface area contributed by atoms with E-state index in [2.05, 4.69) is 5.32 Å². The predicted octanol–water partition coefficient (Wildman–Crippen LogP) is 4.09. The highest BCUT2D eigenvalue weighted by Crippen LogP contribution is 2.30. The Kier molecular flexibility index (Phi) is 4.50. The van der Waals surface area contributed by atoms with Crippen LogP contribution in [0.1, 0.15) is 4.88 Å². The summed E-state index contributed by atoms with van der Waals surface area (Å²) >= 11 is 2.98. The van der Waals surface area contributed by atoms with E-state index in [9.17, 15) is 9.90 Å². The summed E-state index contributed by atoms with van der Waals surface area (Å²) in [6.45, 7) is 0. The van der Waals surface area contributed by atoms with Crippen molar-refractivity contribution in [2.75, 3.05) is 11.2 Å². The molecule has 1 aromatic heterocycles. The Morgan fingerprint density at radius 2 is 2.05 bits per heavy atom. The Hall–Kier alpha value is -2.18. The number of para-hydroxylation sites is 1. The van der Waals surface area contributed by atoms with Crippen molar-refractivity contribution in [3.8, 4) is 0 Å². The molecule has 1 amide bonds. The summed E-state index contributed by atoms with van der Waals surface area (Å²) < 4.78 is 0. The molecule has 2 heterocycles. The lowest BCUT2D eigenvalue weighted by molar-refractivity contribution is -0.121. The summed E-state index contributed by atoms with van der Waals surface area (Å²) in [7, 11) is 0. The number of rotatable bonds is 4. The molecule has 1 aliphatic heterocycles. The van der Waals surface area contributed by atoms with Crippen molar-refractivity contribution in [1.29, 1.82) is 0 Å². The van der Waals surface area contributed by atoms with Crippen LogP contribution in [0, 0.1) is 0 Å². The average molecular weight is 330 g/mol. The number of nitrogens with one attached hydrogen (secondary N) is 1. The number of carbonyl (C=O) groups is 1. The quantitative estimate of drug-likeness (QED) is 0.655. The van der Waals surface area contributed by atoms with E-state index >= 15 is 0 Å². The van der Waals surface area contributed by atoms with E-state index in [1.165, 1.54) is 11.3 Å². The van der Waals surface area contributed by atoms with Gasteiger partial charge in [0.25, 0.3) is 5.91 Å². The summed E-state index contributed by atoms with van der Waals surface area (Å²) in [6, 6.07) is 13.5. The SMILES string of the molecule is O=C(C(=CO)c1cccs1)N1C=C(Nc2ccccc2)SC1. The van der Waals surface area contributed by atoms with E-state index in [0.29, 0.717) is 11.4 Å². The van der Waals surface area contributed by atoms with Gasteiger partial charge in [-0.3, -0.25) is 4.79 Å². The van der Waals surface area contributed by atoms with E-state index in [0.717, 1.165) is 21.9 Å². The third-order valence-corrected chi connectivity index (χ3v) is 4.91. The Labute approximate surface area is 136 Å². The molecule has 0 bridgehead atoms. The van der Waals surface area contributed by atoms with E-state index in [-0.39, 0.29) is 5.91 Å². The molecule has 0 aliphatic carbocycles. The summed E-state index contributed by atoms with van der Waals surface area (Å²) in [4.78, 5) is 14.8. The molecule has 0 radical (unpaired) electrons. The number of aliphatic hydroxyl groups excluding tert-OH is 1. The molecule has 112 valence electrons. The molecule has 0 atom stereocenters. The van der Waals surface area contributed by atoms with E-state index in [1.807, 2.05) is 47.8 Å². The van der Waals surface area contributed by atoms with Gasteiger partial charge in [-0.05, 0) is 23.6 Å². The number of anilines is 1. The van der Waals surface area contributed by atoms with Crippen LogP contribution in [0.3, 0.4) is 0 Å². The minimum Gasteiger partial charge on any atom is -0.515 e. The van der Waals surface area contributed by atoms with Crippen LogP contribution in [-0.2, 0) is 4.79 Å². The predicted molar refractivity (Wildman–Crippen MR) is 92.4 cm³/mol. The maximum atomic E-state index is 12.5. The molecule has 0 fully saturated rings. The van der Waals surface area contributed by atoms with Crippen LogP contribution in [0.5, 0.6) is 0 Å². The molecular formula is C16H14N2O2S2. The Morgan fingerprint density at radius 1 is 1.23 bits per heavy atom. The minimum atomic E-state index is -0.206. The number of hydrogen-bond donors (Lipinski definition) is 2. The Bertz CT molecular complexity index is 709. The first-order valence-corrected chi connectivity index (χ1v) is 8.50. The van der Waals surface area contributed by atoms with Gasteiger partial charge in [0.2, 0.25) is 0 Å². The van der Waals surface area contributed by atoms with Gasteiger partial charge >= 0.3 is 0 Å². The van der Waals surface area contributed by atoms with Gasteiger partial charge in [0.1, 0.15) is 0 Å². The zero-order valence-electron chi connectivity index (χ0n) is 11.6. The molecule has 1 aromatic carbocycles. The molecule has 6 heteroatoms. The number of carbonyl (C=O) groups excluding carboxylic acids is 1. The largest absolute Gasteiger partial charge is 0.515 e. The monoisotopic (exact) mass is 330 g/mol. The van der Waals surface area contributed by atoms with Crippen molar-refractivity contribution >= 4 is 40.3 Å². The molecule has 4 nitrogen and oxygen atoms in total. The Balaban J connectivity index is 1.72. The molecule has 0 unspecified atom stereocenters. The number of nitrogens with zero attached hydrogens (tertiary/aromatic N) is 1. The summed E-state index contributed by atoms with van der Waals surface area (Å²) in [6.07, 6.45) is 2.66. The van der Waals surface area contributed by atoms with Crippen LogP contribution in [0.4, 0.5) is 5.69 Å². The third-order valence-electron chi connectivity index (χ3n) is 3.08. The van der Waals surface area contributed by atoms with Crippen LogP contribution in [-0.4, -0.2) is 21.8 Å². The molecule has 0 saturated heterocycles. The van der Waals surface area contributed by atoms with Crippen molar-refractivity contribution < 1.29 is 9.90 Å². The van der Waals surface area contributed by atoms with Crippen LogP contribution in [0.25, 0.3) is 5.57 Å². The summed E-state index contributed by atoms with van der Waals surface area (Å²) in [5.41, 5.74) is 1.29. The lowest BCUT2D eigenvalue weighted by Crippen LogP contribution is -2.23. The minimum absolute atomic E-state index is 0.206. The average Bonchev–Trinajstić information content (AvgIpc) is 3.21. The highest BCUT2D eigenvalue weighted by Gasteiger charge is 2.24. The van der Waals surface area contributed by atoms with Crippen LogP contribution >= 0.6 is 23.1 Å². The van der Waals surface area contributed by atoms with Crippen molar-refractivity contribution in [3.63, 3.8) is 0 Å². The van der Waals surface area contributed by atoms with E-state index in [1.54, 1.807) is 22.9 Å². The Morgan fingerprint density at radius 3 is 2.73 bits per heavy atom. The van der Waals surface area contributed by atoms with Crippen molar-refractivity contribution in [1.82, 2.24) is 4.90 Å². The second-order valence-corrected chi connectivity index (χ2v) is 6.49. The highest BCUT2D eigenvalue weighted by molar-refractivity contribution is 8.03. The molecule has 1 aliphatic rings. The van der Waals surface area contributed by atoms with E-state index in [4.69, 9.17) is 0 Å². The van der Waals surface area contributed by atoms with Gasteiger partial charge in [0, 0.05) is 16.8 Å². The van der Waals surface area contributed by atoms with Crippen LogP contribution in [0.15, 0.2) is 65.3 Å². The lowest BCUT2D eigenvalue weighted by Gasteiger charge is -2.13. The number of hydrogen-bond acceptors (Lipinski definition) is 5. The molecular weight excluding hydrogens is 316 g/mol. The molecule has 0 spiro atoms. The van der Waals surface area contributed by atoms with Gasteiger partial charge < -0.3 is 15.3 Å². The van der Waals surface area contributed by atoms with Gasteiger partial charge in [-0.25, -0.2) is 0 Å². The molecule has 3 rings (SSSR count). The van der Waals surface area contributed by atoms with Gasteiger partial charge in [-0.1, -0.05) is 36.0 Å². The zero-order valence-corrected chi connectivity index (χ0v) is 13.2. The van der Waals surface area contributed by atoms with Gasteiger partial charge in [0.05, 0.1) is 22.7 Å². The number of aliphatic hydroxyl groups is 1. The first kappa shape index (κ1) is 14.7. The van der Waals surface area contributed by atoms with Gasteiger partial charge in [0.15, 0.2) is 0 Å². The topological polar surface area (TPSA) is 52.6 Å². The first-order valence-electron chi connectivity index (χ1n) is 6.64. The first-order chi connectivity index (χ1) is 10.8. The molecule has 0 saturated carbocycles. The summed E-state index contributed by atoms with van der Waals surface area (Å²) in [5, 5.41) is 15.4. The van der Waals surface area contributed by atoms with Crippen LogP contribution in [0.2, 0.25) is 0 Å². The third kappa shape index (κ3) is 3.18. The lowest BCUT2D eigenvalue weighted by atomic mass is 10.2. The number of benzene rings is 1. The van der Waals surface area contributed by atoms with E-state index < -0.39 is 0 Å². The molecule has 22 heavy (non-hydrogen) atoms. The smallest absolute Gasteiger partial charge is 0.263 e. The number of thioether (sulfide) groups is 1. The van der Waals surface area contributed by atoms with Gasteiger partial charge in [-0.2, -0.15) is 0 Å². The van der Waals surface area contributed by atoms with Gasteiger partial charge in [-0.15, -0.1) is 11.3 Å². The zero-order chi connectivity index (χ0) is 15.4. The van der Waals surface area contributed by atoms with Crippen molar-refractivity contribution in [3.05, 3.63) is 70.2 Å². The summed E-state index contributed by atoms with van der Waals surface area (Å²) in [5.74, 6) is 0.318. The fourth-order valence-electron chi connectivity index (χ4n) is 2.02. The maximum Gasteiger partial charge on any atom is 0.263 e. The maximum absolute atomic E-state index is 12.5. The van der Waals surface area contributed by atoms with Crippen molar-refractivity contribution in [2.24, 2.45) is 0 Å². The second kappa shape index (κ2) is 6.72.